The van der Waals surface area contributed by atoms with Gasteiger partial charge in [0.05, 0.1) is 19.0 Å². The van der Waals surface area contributed by atoms with Crippen LogP contribution in [0.15, 0.2) is 11.1 Å². The van der Waals surface area contributed by atoms with Gasteiger partial charge in [0.1, 0.15) is 24.5 Å². The van der Waals surface area contributed by atoms with Crippen molar-refractivity contribution in [3.8, 4) is 0 Å². The van der Waals surface area contributed by atoms with Gasteiger partial charge in [0.2, 0.25) is 5.95 Å². The molecule has 11 nitrogen and oxygen atoms in total. The number of hydrogen-bond acceptors (Lipinski definition) is 9. The van der Waals surface area contributed by atoms with Crippen LogP contribution in [0.4, 0.5) is 5.95 Å². The molecule has 0 spiro atoms. The van der Waals surface area contributed by atoms with Gasteiger partial charge in [-0.15, -0.1) is 0 Å². The second-order valence-electron chi connectivity index (χ2n) is 5.37. The van der Waals surface area contributed by atoms with Gasteiger partial charge in [-0.25, -0.2) is 4.98 Å². The first kappa shape index (κ1) is 15.8. The van der Waals surface area contributed by atoms with E-state index in [2.05, 4.69) is 15.0 Å². The Bertz CT molecular complexity index is 760. The number of aromatic amines is 1. The van der Waals surface area contributed by atoms with E-state index < -0.39 is 42.8 Å². The summed E-state index contributed by atoms with van der Waals surface area (Å²) in [5, 5.41) is 39.0. The Kier molecular flexibility index (Phi) is 4.04. The number of nitrogens with one attached hydrogen (secondary N) is 1. The number of ether oxygens (including phenoxy) is 1. The summed E-state index contributed by atoms with van der Waals surface area (Å²) in [6.45, 7) is -0.565. The third-order valence-electron chi connectivity index (χ3n) is 3.84. The molecule has 7 N–H and O–H groups in total. The molecule has 1 unspecified atom stereocenters. The molecule has 0 bridgehead atoms. The summed E-state index contributed by atoms with van der Waals surface area (Å²) >= 11 is 0. The quantitative estimate of drug-likeness (QED) is 0.336. The van der Waals surface area contributed by atoms with E-state index in [9.17, 15) is 25.2 Å². The number of H-pyrrole nitrogens is 1. The molecular formula is C12H17N5O6. The number of fused-ring (bicyclic) bond motifs is 1. The Morgan fingerprint density at radius 1 is 1.39 bits per heavy atom. The van der Waals surface area contributed by atoms with Gasteiger partial charge >= 0.3 is 0 Å². The van der Waals surface area contributed by atoms with Gasteiger partial charge in [-0.3, -0.25) is 14.3 Å². The first-order chi connectivity index (χ1) is 10.9. The fourth-order valence-electron chi connectivity index (χ4n) is 2.62. The highest BCUT2D eigenvalue weighted by atomic mass is 16.5. The summed E-state index contributed by atoms with van der Waals surface area (Å²) in [4.78, 5) is 22.0. The van der Waals surface area contributed by atoms with Gasteiger partial charge in [0, 0.05) is 6.42 Å². The Labute approximate surface area is 129 Å². The minimum Gasteiger partial charge on any atom is -0.394 e. The van der Waals surface area contributed by atoms with Gasteiger partial charge in [0.15, 0.2) is 11.2 Å². The molecule has 1 aliphatic heterocycles. The molecule has 11 heteroatoms. The van der Waals surface area contributed by atoms with Crippen molar-refractivity contribution in [3.63, 3.8) is 0 Å². The van der Waals surface area contributed by atoms with Gasteiger partial charge < -0.3 is 30.9 Å². The minimum atomic E-state index is -1.48. The zero-order valence-electron chi connectivity index (χ0n) is 11.9. The standard InChI is InChI=1S/C12H17N5O6/c13-12-15-10-7(11(22)16-12)14-3-17(10)6-1-4(19)8(20)9(21)5(2-18)23-6/h3-6,8-9,18-21H,1-2H2,(H3,13,15,16,22)/t4-,5+,6?,8+,9+/m0/s1. The topological polar surface area (TPSA) is 180 Å². The number of nitrogens with two attached hydrogens (primary N) is 1. The number of anilines is 1. The highest BCUT2D eigenvalue weighted by molar-refractivity contribution is 5.70. The SMILES string of the molecule is Nc1nc2c(ncn2C2C[C@H](O)[C@@H](O)[C@H](O)[C@@H](CO)O2)c(=O)[nH]1. The molecule has 0 amide bonds. The van der Waals surface area contributed by atoms with Crippen LogP contribution in [0.2, 0.25) is 0 Å². The van der Waals surface area contributed by atoms with E-state index in [0.29, 0.717) is 0 Å². The Morgan fingerprint density at radius 2 is 2.13 bits per heavy atom. The van der Waals surface area contributed by atoms with Gasteiger partial charge in [0.25, 0.3) is 5.56 Å². The van der Waals surface area contributed by atoms with Crippen molar-refractivity contribution in [2.45, 2.75) is 37.1 Å². The van der Waals surface area contributed by atoms with E-state index in [1.807, 2.05) is 0 Å². The van der Waals surface area contributed by atoms with Crippen LogP contribution < -0.4 is 11.3 Å². The molecule has 1 fully saturated rings. The molecule has 1 aliphatic rings. The van der Waals surface area contributed by atoms with E-state index in [1.54, 1.807) is 0 Å². The van der Waals surface area contributed by atoms with Crippen molar-refractivity contribution in [2.75, 3.05) is 12.3 Å². The predicted molar refractivity (Wildman–Crippen MR) is 76.2 cm³/mol. The lowest BCUT2D eigenvalue weighted by atomic mass is 10.0. The summed E-state index contributed by atoms with van der Waals surface area (Å²) in [6, 6.07) is 0. The number of aliphatic hydroxyl groups excluding tert-OH is 4. The molecule has 126 valence electrons. The van der Waals surface area contributed by atoms with E-state index in [0.717, 1.165) is 0 Å². The molecule has 0 aromatic carbocycles. The van der Waals surface area contributed by atoms with Crippen molar-refractivity contribution >= 4 is 17.1 Å². The maximum Gasteiger partial charge on any atom is 0.280 e. The molecule has 23 heavy (non-hydrogen) atoms. The van der Waals surface area contributed by atoms with Crippen LogP contribution in [0.25, 0.3) is 11.2 Å². The van der Waals surface area contributed by atoms with Crippen LogP contribution in [-0.2, 0) is 4.74 Å². The lowest BCUT2D eigenvalue weighted by molar-refractivity contribution is -0.130. The van der Waals surface area contributed by atoms with Crippen LogP contribution in [0.5, 0.6) is 0 Å². The average Bonchev–Trinajstić information content (AvgIpc) is 2.89. The minimum absolute atomic E-state index is 0.0307. The van der Waals surface area contributed by atoms with Crippen LogP contribution in [0, 0.1) is 0 Å². The van der Waals surface area contributed by atoms with Gasteiger partial charge in [-0.05, 0) is 0 Å². The Morgan fingerprint density at radius 3 is 2.83 bits per heavy atom. The van der Waals surface area contributed by atoms with Crippen LogP contribution >= 0.6 is 0 Å². The number of hydrogen-bond donors (Lipinski definition) is 6. The fourth-order valence-corrected chi connectivity index (χ4v) is 2.62. The zero-order valence-corrected chi connectivity index (χ0v) is 11.9. The van der Waals surface area contributed by atoms with Crippen molar-refractivity contribution in [1.29, 1.82) is 0 Å². The molecule has 2 aromatic rings. The van der Waals surface area contributed by atoms with Crippen LogP contribution in [0.1, 0.15) is 12.6 Å². The normalized spacial score (nSPS) is 32.1. The van der Waals surface area contributed by atoms with Crippen LogP contribution in [-0.4, -0.2) is 71.0 Å². The smallest absolute Gasteiger partial charge is 0.280 e. The Hall–Kier alpha value is -2.05. The Balaban J connectivity index is 2.05. The van der Waals surface area contributed by atoms with E-state index >= 15 is 0 Å². The summed E-state index contributed by atoms with van der Waals surface area (Å²) in [7, 11) is 0. The molecule has 0 aliphatic carbocycles. The summed E-state index contributed by atoms with van der Waals surface area (Å²) < 4.78 is 6.91. The molecular weight excluding hydrogens is 310 g/mol. The number of aromatic nitrogens is 4. The summed E-state index contributed by atoms with van der Waals surface area (Å²) in [6.07, 6.45) is -5.10. The maximum atomic E-state index is 11.8. The second-order valence-corrected chi connectivity index (χ2v) is 5.37. The highest BCUT2D eigenvalue weighted by Crippen LogP contribution is 2.28. The van der Waals surface area contributed by atoms with Crippen LogP contribution in [0.3, 0.4) is 0 Å². The van der Waals surface area contributed by atoms with E-state index in [1.165, 1.54) is 10.9 Å². The molecule has 0 radical (unpaired) electrons. The summed E-state index contributed by atoms with van der Waals surface area (Å²) in [5.41, 5.74) is 5.15. The third-order valence-corrected chi connectivity index (χ3v) is 3.84. The van der Waals surface area contributed by atoms with Crippen molar-refractivity contribution in [3.05, 3.63) is 16.7 Å². The third kappa shape index (κ3) is 2.68. The molecule has 2 aromatic heterocycles. The number of nitrogens with zero attached hydrogens (tertiary/aromatic N) is 3. The maximum absolute atomic E-state index is 11.8. The zero-order chi connectivity index (χ0) is 16.7. The molecule has 3 heterocycles. The monoisotopic (exact) mass is 327 g/mol. The van der Waals surface area contributed by atoms with Gasteiger partial charge in [-0.1, -0.05) is 0 Å². The molecule has 1 saturated heterocycles. The number of rotatable bonds is 2. The number of nitrogen functional groups attached to an aromatic ring is 1. The first-order valence-corrected chi connectivity index (χ1v) is 6.95. The molecule has 0 saturated carbocycles. The van der Waals surface area contributed by atoms with Crippen molar-refractivity contribution in [2.24, 2.45) is 0 Å². The predicted octanol–water partition coefficient (Wildman–Crippen LogP) is -2.94. The largest absolute Gasteiger partial charge is 0.394 e. The highest BCUT2D eigenvalue weighted by Gasteiger charge is 2.39. The molecule has 3 rings (SSSR count). The number of aliphatic hydroxyl groups is 4. The van der Waals surface area contributed by atoms with Gasteiger partial charge in [-0.2, -0.15) is 4.98 Å². The number of imidazole rings is 1. The average molecular weight is 327 g/mol. The fraction of sp³-hybridized carbons (Fsp3) is 0.583. The lowest BCUT2D eigenvalue weighted by Gasteiger charge is -2.24. The first-order valence-electron chi connectivity index (χ1n) is 6.95. The van der Waals surface area contributed by atoms with Crippen molar-refractivity contribution < 1.29 is 25.2 Å². The van der Waals surface area contributed by atoms with E-state index in [-0.39, 0.29) is 23.5 Å². The molecule has 5 atom stereocenters. The summed E-state index contributed by atoms with van der Waals surface area (Å²) in [5.74, 6) is -0.114. The van der Waals surface area contributed by atoms with Crippen molar-refractivity contribution in [1.82, 2.24) is 19.5 Å². The lowest BCUT2D eigenvalue weighted by Crippen LogP contribution is -2.44. The second kappa shape index (κ2) is 5.86. The van der Waals surface area contributed by atoms with E-state index in [4.69, 9.17) is 10.5 Å².